The van der Waals surface area contributed by atoms with Crippen molar-refractivity contribution in [3.05, 3.63) is 60.4 Å². The van der Waals surface area contributed by atoms with Crippen LogP contribution in [0.25, 0.3) is 33.6 Å². The van der Waals surface area contributed by atoms with E-state index >= 15 is 0 Å². The average molecular weight is 697 g/mol. The Morgan fingerprint density at radius 1 is 0.686 bits per heavy atom. The number of carbonyl (C=O) groups excluding carboxylic acids is 2. The molecule has 4 aromatic rings. The summed E-state index contributed by atoms with van der Waals surface area (Å²) in [6.45, 7) is 13.6. The molecule has 2 aromatic heterocycles. The Morgan fingerprint density at radius 2 is 1.12 bits per heavy atom. The number of amides is 2. The Kier molecular flexibility index (Phi) is 9.19. The van der Waals surface area contributed by atoms with Crippen molar-refractivity contribution in [2.24, 2.45) is 0 Å². The van der Waals surface area contributed by atoms with Crippen LogP contribution in [-0.2, 0) is 9.47 Å². The van der Waals surface area contributed by atoms with Crippen LogP contribution in [-0.4, -0.2) is 79.4 Å². The predicted molar refractivity (Wildman–Crippen MR) is 192 cm³/mol. The monoisotopic (exact) mass is 696 g/mol. The molecule has 2 fully saturated rings. The number of hydrogen-bond donors (Lipinski definition) is 2. The number of nitrogens with zero attached hydrogens (tertiary/aromatic N) is 4. The molecule has 2 amide bonds. The van der Waals surface area contributed by atoms with Crippen molar-refractivity contribution in [3.8, 4) is 45.1 Å². The zero-order valence-corrected chi connectivity index (χ0v) is 30.4. The SMILES string of the molecule is CC(C)(C)OC(=O)N1CCCC1c1ncc(-c2ccc3c(c2)OCCCOc2cc(-c4cnc(C5CCCN5C(=O)OC(C)(C)C)[nH]4)ccc2-3)[nH]1. The van der Waals surface area contributed by atoms with Gasteiger partial charge in [0, 0.05) is 41.8 Å². The van der Waals surface area contributed by atoms with Crippen molar-refractivity contribution in [2.45, 2.75) is 96.9 Å². The standard InChI is InChI=1S/C39H48N6O6/c1-38(2,3)50-36(46)44-16-7-10-30(44)34-40-22-28(42-34)24-12-14-26-27-15-13-25(21-33(27)49-19-9-18-48-32(26)20-24)29-23-41-35(43-29)31-11-8-17-45(31)37(47)51-39(4,5)6/h12-15,20-23,30-31H,7-11,16-19H2,1-6H3,(H,40,42)(H,41,43). The predicted octanol–water partition coefficient (Wildman–Crippen LogP) is 8.44. The lowest BCUT2D eigenvalue weighted by Crippen LogP contribution is -2.36. The number of imidazole rings is 2. The number of nitrogens with one attached hydrogen (secondary N) is 2. The van der Waals surface area contributed by atoms with Gasteiger partial charge in [0.1, 0.15) is 34.3 Å². The Labute approximate surface area is 298 Å². The summed E-state index contributed by atoms with van der Waals surface area (Å²) in [7, 11) is 0. The molecule has 2 saturated heterocycles. The molecule has 12 heteroatoms. The van der Waals surface area contributed by atoms with E-state index in [1.54, 1.807) is 9.80 Å². The fourth-order valence-corrected chi connectivity index (χ4v) is 6.97. The van der Waals surface area contributed by atoms with E-state index in [0.29, 0.717) is 26.3 Å². The number of rotatable bonds is 4. The van der Waals surface area contributed by atoms with Crippen LogP contribution in [0.15, 0.2) is 48.8 Å². The van der Waals surface area contributed by atoms with Crippen molar-refractivity contribution in [1.29, 1.82) is 0 Å². The van der Waals surface area contributed by atoms with E-state index in [4.69, 9.17) is 28.9 Å². The summed E-state index contributed by atoms with van der Waals surface area (Å²) >= 11 is 0. The molecule has 0 radical (unpaired) electrons. The summed E-state index contributed by atoms with van der Waals surface area (Å²) in [6, 6.07) is 12.0. The maximum atomic E-state index is 12.9. The summed E-state index contributed by atoms with van der Waals surface area (Å²) < 4.78 is 24.0. The number of carbonyl (C=O) groups is 2. The fourth-order valence-electron chi connectivity index (χ4n) is 6.97. The molecule has 0 aliphatic carbocycles. The summed E-state index contributed by atoms with van der Waals surface area (Å²) in [4.78, 5) is 45.7. The Hall–Kier alpha value is -5.00. The molecule has 12 nitrogen and oxygen atoms in total. The second kappa shape index (κ2) is 13.6. The molecule has 0 bridgehead atoms. The molecule has 2 atom stereocenters. The third-order valence-electron chi connectivity index (χ3n) is 9.26. The van der Waals surface area contributed by atoms with Gasteiger partial charge in [0.25, 0.3) is 0 Å². The summed E-state index contributed by atoms with van der Waals surface area (Å²) in [5, 5.41) is 0. The highest BCUT2D eigenvalue weighted by molar-refractivity contribution is 5.81. The lowest BCUT2D eigenvalue weighted by atomic mass is 9.98. The largest absolute Gasteiger partial charge is 0.493 e. The highest BCUT2D eigenvalue weighted by atomic mass is 16.6. The van der Waals surface area contributed by atoms with Crippen LogP contribution in [0.1, 0.15) is 97.4 Å². The van der Waals surface area contributed by atoms with Crippen molar-refractivity contribution in [3.63, 3.8) is 0 Å². The van der Waals surface area contributed by atoms with Gasteiger partial charge in [-0.1, -0.05) is 12.1 Å². The highest BCUT2D eigenvalue weighted by Gasteiger charge is 2.36. The van der Waals surface area contributed by atoms with Gasteiger partial charge in [0.2, 0.25) is 0 Å². The zero-order valence-electron chi connectivity index (χ0n) is 30.4. The minimum Gasteiger partial charge on any atom is -0.493 e. The minimum atomic E-state index is -0.561. The molecule has 0 spiro atoms. The molecule has 2 unspecified atom stereocenters. The first-order valence-electron chi connectivity index (χ1n) is 18.0. The van der Waals surface area contributed by atoms with E-state index < -0.39 is 11.2 Å². The van der Waals surface area contributed by atoms with Crippen LogP contribution in [0.5, 0.6) is 11.5 Å². The Morgan fingerprint density at radius 3 is 1.53 bits per heavy atom. The number of ether oxygens (including phenoxy) is 4. The van der Waals surface area contributed by atoms with E-state index in [9.17, 15) is 9.59 Å². The molecule has 0 saturated carbocycles. The molecular weight excluding hydrogens is 648 g/mol. The zero-order chi connectivity index (χ0) is 35.9. The molecule has 5 heterocycles. The van der Waals surface area contributed by atoms with Gasteiger partial charge < -0.3 is 28.9 Å². The van der Waals surface area contributed by atoms with Crippen LogP contribution >= 0.6 is 0 Å². The molecule has 3 aliphatic heterocycles. The van der Waals surface area contributed by atoms with E-state index in [1.165, 1.54) is 0 Å². The van der Waals surface area contributed by atoms with Crippen molar-refractivity contribution in [2.75, 3.05) is 26.3 Å². The number of likely N-dealkylation sites (tertiary alicyclic amines) is 2. The average Bonchev–Trinajstić information content (AvgIpc) is 3.88. The van der Waals surface area contributed by atoms with Gasteiger partial charge in [-0.25, -0.2) is 19.6 Å². The van der Waals surface area contributed by atoms with Crippen molar-refractivity contribution < 1.29 is 28.5 Å². The fraction of sp³-hybridized carbons (Fsp3) is 0.487. The minimum absolute atomic E-state index is 0.163. The van der Waals surface area contributed by atoms with E-state index in [0.717, 1.165) is 88.9 Å². The first kappa shape index (κ1) is 34.4. The molecule has 7 rings (SSSR count). The van der Waals surface area contributed by atoms with E-state index in [1.807, 2.05) is 66.1 Å². The molecule has 270 valence electrons. The molecule has 2 N–H and O–H groups in total. The summed E-state index contributed by atoms with van der Waals surface area (Å²) in [6.07, 6.45) is 7.16. The lowest BCUT2D eigenvalue weighted by Gasteiger charge is -2.27. The van der Waals surface area contributed by atoms with Gasteiger partial charge in [-0.3, -0.25) is 9.80 Å². The van der Waals surface area contributed by atoms with Gasteiger partial charge in [0.15, 0.2) is 0 Å². The lowest BCUT2D eigenvalue weighted by molar-refractivity contribution is 0.0208. The number of H-pyrrole nitrogens is 2. The van der Waals surface area contributed by atoms with Gasteiger partial charge in [-0.2, -0.15) is 0 Å². The first-order chi connectivity index (χ1) is 24.3. The van der Waals surface area contributed by atoms with Crippen LogP contribution in [0.2, 0.25) is 0 Å². The smallest absolute Gasteiger partial charge is 0.410 e. The quantitative estimate of drug-likeness (QED) is 0.217. The number of fused-ring (bicyclic) bond motifs is 3. The van der Waals surface area contributed by atoms with Gasteiger partial charge in [0.05, 0.1) is 49.1 Å². The second-order valence-corrected chi connectivity index (χ2v) is 15.5. The topological polar surface area (TPSA) is 135 Å². The Balaban J connectivity index is 1.12. The third-order valence-corrected chi connectivity index (χ3v) is 9.26. The van der Waals surface area contributed by atoms with Crippen molar-refractivity contribution >= 4 is 12.2 Å². The normalized spacial score (nSPS) is 19.3. The number of aromatic nitrogens is 4. The van der Waals surface area contributed by atoms with E-state index in [-0.39, 0.29) is 24.3 Å². The van der Waals surface area contributed by atoms with Crippen LogP contribution in [0, 0.1) is 0 Å². The first-order valence-corrected chi connectivity index (χ1v) is 18.0. The molecule has 3 aliphatic rings. The maximum Gasteiger partial charge on any atom is 0.410 e. The van der Waals surface area contributed by atoms with Gasteiger partial charge in [-0.15, -0.1) is 0 Å². The van der Waals surface area contributed by atoms with Crippen molar-refractivity contribution in [1.82, 2.24) is 29.7 Å². The molecule has 51 heavy (non-hydrogen) atoms. The summed E-state index contributed by atoms with van der Waals surface area (Å²) in [5.74, 6) is 3.01. The number of hydrogen-bond acceptors (Lipinski definition) is 8. The Bertz CT molecular complexity index is 1770. The van der Waals surface area contributed by atoms with Crippen LogP contribution in [0.3, 0.4) is 0 Å². The van der Waals surface area contributed by atoms with E-state index in [2.05, 4.69) is 34.2 Å². The van der Waals surface area contributed by atoms with Gasteiger partial charge in [-0.05, 0) is 91.5 Å². The third kappa shape index (κ3) is 7.55. The summed E-state index contributed by atoms with van der Waals surface area (Å²) in [5.41, 5.74) is 4.30. The molecule has 2 aromatic carbocycles. The highest BCUT2D eigenvalue weighted by Crippen LogP contribution is 2.42. The maximum absolute atomic E-state index is 12.9. The van der Waals surface area contributed by atoms with Crippen LogP contribution < -0.4 is 9.47 Å². The second-order valence-electron chi connectivity index (χ2n) is 15.5. The van der Waals surface area contributed by atoms with Gasteiger partial charge >= 0.3 is 12.2 Å². The molecular formula is C39H48N6O6. The number of benzene rings is 2. The van der Waals surface area contributed by atoms with Crippen LogP contribution in [0.4, 0.5) is 9.59 Å². The number of aromatic amines is 2.